The number of rotatable bonds is 5. The van der Waals surface area contributed by atoms with Gasteiger partial charge in [-0.1, -0.05) is 23.5 Å². The second-order valence-corrected chi connectivity index (χ2v) is 8.42. The highest BCUT2D eigenvalue weighted by Gasteiger charge is 2.30. The molecule has 0 fully saturated rings. The van der Waals surface area contributed by atoms with Crippen molar-refractivity contribution in [3.63, 3.8) is 0 Å². The normalized spacial score (nSPS) is 21.8. The van der Waals surface area contributed by atoms with E-state index in [0.717, 1.165) is 11.8 Å². The third-order valence-electron chi connectivity index (χ3n) is 2.11. The maximum absolute atomic E-state index is 12.4. The molecule has 1 aliphatic rings. The van der Waals surface area contributed by atoms with Gasteiger partial charge in [0.25, 0.3) is 10.0 Å². The highest BCUT2D eigenvalue weighted by Crippen LogP contribution is 2.34. The molecule has 1 aliphatic heterocycles. The van der Waals surface area contributed by atoms with Crippen molar-refractivity contribution < 1.29 is 21.6 Å². The molecule has 0 saturated carbocycles. The first-order valence-corrected chi connectivity index (χ1v) is 8.52. The summed E-state index contributed by atoms with van der Waals surface area (Å²) in [7, 11) is -3.38. The molecule has 0 bridgehead atoms. The van der Waals surface area contributed by atoms with Crippen LogP contribution < -0.4 is 0 Å². The van der Waals surface area contributed by atoms with Crippen molar-refractivity contribution in [2.45, 2.75) is 30.8 Å². The Morgan fingerprint density at radius 1 is 1.39 bits per heavy atom. The quantitative estimate of drug-likeness (QED) is 0.724. The van der Waals surface area contributed by atoms with Crippen LogP contribution in [-0.4, -0.2) is 23.1 Å². The Kier molecular flexibility index (Phi) is 6.06. The van der Waals surface area contributed by atoms with Crippen LogP contribution in [0.15, 0.2) is 16.3 Å². The van der Waals surface area contributed by atoms with Crippen molar-refractivity contribution in [3.05, 3.63) is 11.9 Å². The van der Waals surface area contributed by atoms with Gasteiger partial charge in [-0.2, -0.15) is 8.78 Å². The Morgan fingerprint density at radius 2 is 2.06 bits per heavy atom. The van der Waals surface area contributed by atoms with Crippen LogP contribution in [0.25, 0.3) is 0 Å². The molecule has 3 nitrogen and oxygen atoms in total. The van der Waals surface area contributed by atoms with Crippen LogP contribution in [0.5, 0.6) is 0 Å². The molecule has 0 N–H and O–H groups in total. The molecule has 0 radical (unpaired) electrons. The summed E-state index contributed by atoms with van der Waals surface area (Å²) < 4.78 is 61.9. The average molecular weight is 319 g/mol. The summed E-state index contributed by atoms with van der Waals surface area (Å²) >= 11 is 2.42. The third kappa shape index (κ3) is 4.85. The standard InChI is InChI=1S/C9H12F3NO2S3/c1-6-17-9(13-18(6,14)15)16-5-3-2-4-7(10)8(11)12/h6H,2-5H2,1H3. The largest absolute Gasteiger partial charge is 0.301 e. The molecule has 0 aromatic heterocycles. The van der Waals surface area contributed by atoms with E-state index >= 15 is 0 Å². The van der Waals surface area contributed by atoms with E-state index in [1.807, 2.05) is 0 Å². The SMILES string of the molecule is CC1SC(SCCCCC(F)=C(F)F)=NS1(=O)=O. The Morgan fingerprint density at radius 3 is 2.56 bits per heavy atom. The van der Waals surface area contributed by atoms with Gasteiger partial charge in [0, 0.05) is 12.2 Å². The van der Waals surface area contributed by atoms with E-state index in [4.69, 9.17) is 0 Å². The van der Waals surface area contributed by atoms with Crippen molar-refractivity contribution in [1.29, 1.82) is 0 Å². The number of halogens is 3. The monoisotopic (exact) mass is 319 g/mol. The Bertz CT molecular complexity index is 458. The fraction of sp³-hybridized carbons (Fsp3) is 0.667. The van der Waals surface area contributed by atoms with Gasteiger partial charge in [0.2, 0.25) is 0 Å². The molecule has 0 aliphatic carbocycles. The molecule has 1 heterocycles. The van der Waals surface area contributed by atoms with Gasteiger partial charge in [0.05, 0.1) is 0 Å². The van der Waals surface area contributed by atoms with Crippen LogP contribution >= 0.6 is 23.5 Å². The van der Waals surface area contributed by atoms with Gasteiger partial charge >= 0.3 is 6.08 Å². The molecule has 0 saturated heterocycles. The molecule has 0 aromatic rings. The number of thioether (sulfide) groups is 2. The van der Waals surface area contributed by atoms with Crippen LogP contribution in [0, 0.1) is 0 Å². The summed E-state index contributed by atoms with van der Waals surface area (Å²) in [4.78, 5) is 0. The van der Waals surface area contributed by atoms with Crippen LogP contribution in [0.2, 0.25) is 0 Å². The number of hydrogen-bond donors (Lipinski definition) is 0. The Balaban J connectivity index is 2.23. The molecule has 0 aromatic carbocycles. The Labute approximate surface area is 112 Å². The van der Waals surface area contributed by atoms with Crippen LogP contribution in [0.4, 0.5) is 13.2 Å². The zero-order valence-electron chi connectivity index (χ0n) is 9.53. The molecule has 1 atom stereocenters. The van der Waals surface area contributed by atoms with Crippen molar-refractivity contribution >= 4 is 37.9 Å². The number of sulfonamides is 1. The van der Waals surface area contributed by atoms with E-state index in [9.17, 15) is 21.6 Å². The minimum Gasteiger partial charge on any atom is -0.206 e. The summed E-state index contributed by atoms with van der Waals surface area (Å²) in [6.07, 6.45) is -1.72. The highest BCUT2D eigenvalue weighted by atomic mass is 32.3. The van der Waals surface area contributed by atoms with E-state index < -0.39 is 26.5 Å². The molecular formula is C9H12F3NO2S3. The van der Waals surface area contributed by atoms with Crippen molar-refractivity contribution in [2.24, 2.45) is 4.40 Å². The second-order valence-electron chi connectivity index (χ2n) is 3.53. The predicted octanol–water partition coefficient (Wildman–Crippen LogP) is 3.75. The van der Waals surface area contributed by atoms with Crippen molar-refractivity contribution in [2.75, 3.05) is 5.75 Å². The lowest BCUT2D eigenvalue weighted by Gasteiger charge is -2.00. The average Bonchev–Trinajstić information content (AvgIpc) is 2.51. The lowest BCUT2D eigenvalue weighted by molar-refractivity contribution is 0.368. The second kappa shape index (κ2) is 6.85. The van der Waals surface area contributed by atoms with Gasteiger partial charge in [0.1, 0.15) is 8.96 Å². The van der Waals surface area contributed by atoms with Gasteiger partial charge in [-0.05, 0) is 19.8 Å². The molecular weight excluding hydrogens is 307 g/mol. The highest BCUT2D eigenvalue weighted by molar-refractivity contribution is 8.43. The van der Waals surface area contributed by atoms with E-state index in [2.05, 4.69) is 4.40 Å². The lowest BCUT2D eigenvalue weighted by atomic mass is 10.2. The topological polar surface area (TPSA) is 46.5 Å². The third-order valence-corrected chi connectivity index (χ3v) is 6.73. The molecule has 9 heteroatoms. The number of allylic oxidation sites excluding steroid dienone is 1. The molecule has 0 spiro atoms. The van der Waals surface area contributed by atoms with Gasteiger partial charge in [-0.3, -0.25) is 0 Å². The van der Waals surface area contributed by atoms with Gasteiger partial charge in [-0.25, -0.2) is 12.8 Å². The fourth-order valence-corrected chi connectivity index (χ4v) is 5.30. The number of hydrogen-bond acceptors (Lipinski definition) is 4. The van der Waals surface area contributed by atoms with Crippen molar-refractivity contribution in [1.82, 2.24) is 0 Å². The first-order valence-electron chi connectivity index (χ1n) is 5.16. The lowest BCUT2D eigenvalue weighted by Crippen LogP contribution is -2.04. The van der Waals surface area contributed by atoms with Gasteiger partial charge in [-0.15, -0.1) is 4.40 Å². The van der Waals surface area contributed by atoms with Crippen LogP contribution in [0.1, 0.15) is 26.2 Å². The molecule has 0 amide bonds. The minimum absolute atomic E-state index is 0.281. The smallest absolute Gasteiger partial charge is 0.206 e. The maximum atomic E-state index is 12.4. The molecule has 104 valence electrons. The maximum Gasteiger partial charge on any atom is 0.301 e. The van der Waals surface area contributed by atoms with Crippen LogP contribution in [0.3, 0.4) is 0 Å². The molecule has 1 unspecified atom stereocenters. The number of nitrogens with zero attached hydrogens (tertiary/aromatic N) is 1. The van der Waals surface area contributed by atoms with E-state index in [1.165, 1.54) is 11.8 Å². The summed E-state index contributed by atoms with van der Waals surface area (Å²) in [6, 6.07) is 0. The zero-order valence-corrected chi connectivity index (χ0v) is 12.0. The van der Waals surface area contributed by atoms with Crippen LogP contribution in [-0.2, 0) is 10.0 Å². The predicted molar refractivity (Wildman–Crippen MR) is 70.1 cm³/mol. The minimum atomic E-state index is -3.38. The van der Waals surface area contributed by atoms with Gasteiger partial charge < -0.3 is 0 Å². The van der Waals surface area contributed by atoms with E-state index in [1.54, 1.807) is 6.92 Å². The first-order chi connectivity index (χ1) is 8.33. The summed E-state index contributed by atoms with van der Waals surface area (Å²) in [5, 5.41) is 0. The Hall–Kier alpha value is -0.150. The first kappa shape index (κ1) is 15.9. The zero-order chi connectivity index (χ0) is 13.8. The summed E-state index contributed by atoms with van der Waals surface area (Å²) in [6.45, 7) is 1.56. The molecule has 1 rings (SSSR count). The van der Waals surface area contributed by atoms with E-state index in [-0.39, 0.29) is 6.42 Å². The number of unbranched alkanes of at least 4 members (excludes halogenated alkanes) is 1. The fourth-order valence-electron chi connectivity index (χ4n) is 1.10. The van der Waals surface area contributed by atoms with Crippen molar-refractivity contribution in [3.8, 4) is 0 Å². The summed E-state index contributed by atoms with van der Waals surface area (Å²) in [5.41, 5.74) is 0. The van der Waals surface area contributed by atoms with E-state index in [0.29, 0.717) is 23.0 Å². The summed E-state index contributed by atoms with van der Waals surface area (Å²) in [5.74, 6) is -0.835. The van der Waals surface area contributed by atoms with Gasteiger partial charge in [0.15, 0.2) is 5.83 Å². The molecule has 18 heavy (non-hydrogen) atoms.